The maximum atomic E-state index is 3.64. The van der Waals surface area contributed by atoms with Gasteiger partial charge in [0.2, 0.25) is 0 Å². The van der Waals surface area contributed by atoms with Crippen LogP contribution in [0.15, 0.2) is 16.6 Å². The van der Waals surface area contributed by atoms with Gasteiger partial charge in [0.1, 0.15) is 0 Å². The third kappa shape index (κ3) is 1.80. The standard InChI is InChI=1S/C14H19BrN2/c1-3-10-4-12(15)5-11-6-13-8-16-7-9(2)17(13)14(10)11/h4-5,9,13,16H,3,6-8H2,1-2H3/t9?,13-/m1/s1. The molecule has 3 rings (SSSR count). The number of piperazine rings is 1. The molecule has 2 aliphatic heterocycles. The number of fused-ring (bicyclic) bond motifs is 3. The van der Waals surface area contributed by atoms with E-state index in [-0.39, 0.29) is 0 Å². The van der Waals surface area contributed by atoms with Gasteiger partial charge in [0.05, 0.1) is 0 Å². The van der Waals surface area contributed by atoms with Crippen molar-refractivity contribution in [1.29, 1.82) is 0 Å². The topological polar surface area (TPSA) is 15.3 Å². The molecule has 1 aromatic rings. The highest BCUT2D eigenvalue weighted by atomic mass is 79.9. The smallest absolute Gasteiger partial charge is 0.0459 e. The van der Waals surface area contributed by atoms with Gasteiger partial charge >= 0.3 is 0 Å². The summed E-state index contributed by atoms with van der Waals surface area (Å²) in [7, 11) is 0. The van der Waals surface area contributed by atoms with E-state index in [0.717, 1.165) is 19.5 Å². The summed E-state index contributed by atoms with van der Waals surface area (Å²) in [5.74, 6) is 0. The highest BCUT2D eigenvalue weighted by Gasteiger charge is 2.36. The Morgan fingerprint density at radius 3 is 3.00 bits per heavy atom. The predicted molar refractivity (Wildman–Crippen MR) is 75.8 cm³/mol. The fourth-order valence-corrected chi connectivity index (χ4v) is 3.87. The molecule has 0 saturated carbocycles. The molecule has 2 heterocycles. The largest absolute Gasteiger partial charge is 0.363 e. The SMILES string of the molecule is CCc1cc(Br)cc2c1N1C(C)CNC[C@H]1C2. The van der Waals surface area contributed by atoms with Crippen LogP contribution in [-0.4, -0.2) is 25.2 Å². The minimum atomic E-state index is 0.612. The number of hydrogen-bond acceptors (Lipinski definition) is 2. The Balaban J connectivity index is 2.10. The second-order valence-electron chi connectivity index (χ2n) is 5.20. The van der Waals surface area contributed by atoms with Crippen molar-refractivity contribution in [2.75, 3.05) is 18.0 Å². The average Bonchev–Trinajstić information content (AvgIpc) is 2.67. The summed E-state index contributed by atoms with van der Waals surface area (Å²) in [6.45, 7) is 6.81. The highest BCUT2D eigenvalue weighted by Crippen LogP contribution is 2.39. The molecule has 17 heavy (non-hydrogen) atoms. The van der Waals surface area contributed by atoms with E-state index in [1.165, 1.54) is 27.7 Å². The van der Waals surface area contributed by atoms with Crippen LogP contribution in [0.25, 0.3) is 0 Å². The van der Waals surface area contributed by atoms with E-state index in [9.17, 15) is 0 Å². The molecule has 1 saturated heterocycles. The van der Waals surface area contributed by atoms with Gasteiger partial charge < -0.3 is 10.2 Å². The summed E-state index contributed by atoms with van der Waals surface area (Å²) < 4.78 is 1.23. The lowest BCUT2D eigenvalue weighted by molar-refractivity contribution is 0.429. The number of anilines is 1. The summed E-state index contributed by atoms with van der Waals surface area (Å²) in [5.41, 5.74) is 4.54. The summed E-state index contributed by atoms with van der Waals surface area (Å²) in [6, 6.07) is 5.87. The predicted octanol–water partition coefficient (Wildman–Crippen LogP) is 2.73. The minimum absolute atomic E-state index is 0.612. The van der Waals surface area contributed by atoms with E-state index in [0.29, 0.717) is 12.1 Å². The molecule has 0 radical (unpaired) electrons. The van der Waals surface area contributed by atoms with E-state index in [4.69, 9.17) is 0 Å². The van der Waals surface area contributed by atoms with Crippen molar-refractivity contribution >= 4 is 21.6 Å². The Morgan fingerprint density at radius 1 is 1.41 bits per heavy atom. The first kappa shape index (κ1) is 11.5. The molecule has 0 aromatic heterocycles. The number of nitrogens with zero attached hydrogens (tertiary/aromatic N) is 1. The van der Waals surface area contributed by atoms with Crippen LogP contribution in [0.5, 0.6) is 0 Å². The van der Waals surface area contributed by atoms with E-state index in [1.807, 2.05) is 0 Å². The number of rotatable bonds is 1. The number of halogens is 1. The quantitative estimate of drug-likeness (QED) is 0.857. The Kier molecular flexibility index (Phi) is 2.91. The van der Waals surface area contributed by atoms with Gasteiger partial charge in [-0.25, -0.2) is 0 Å². The van der Waals surface area contributed by atoms with Crippen LogP contribution >= 0.6 is 15.9 Å². The van der Waals surface area contributed by atoms with Crippen LogP contribution in [0.3, 0.4) is 0 Å². The van der Waals surface area contributed by atoms with Gasteiger partial charge in [0, 0.05) is 35.3 Å². The summed E-state index contributed by atoms with van der Waals surface area (Å²) in [6.07, 6.45) is 2.31. The molecule has 1 aromatic carbocycles. The molecule has 3 heteroatoms. The second-order valence-corrected chi connectivity index (χ2v) is 6.11. The molecule has 0 aliphatic carbocycles. The van der Waals surface area contributed by atoms with Crippen LogP contribution in [0.4, 0.5) is 5.69 Å². The van der Waals surface area contributed by atoms with Crippen LogP contribution in [0.1, 0.15) is 25.0 Å². The van der Waals surface area contributed by atoms with Crippen molar-refractivity contribution in [3.05, 3.63) is 27.7 Å². The molecular weight excluding hydrogens is 276 g/mol. The summed E-state index contributed by atoms with van der Waals surface area (Å²) in [5, 5.41) is 3.54. The molecule has 0 amide bonds. The molecule has 2 aliphatic rings. The number of hydrogen-bond donors (Lipinski definition) is 1. The first-order valence-electron chi connectivity index (χ1n) is 6.51. The van der Waals surface area contributed by atoms with Crippen molar-refractivity contribution in [2.24, 2.45) is 0 Å². The van der Waals surface area contributed by atoms with Gasteiger partial charge in [-0.15, -0.1) is 0 Å². The summed E-state index contributed by atoms with van der Waals surface area (Å²) >= 11 is 3.64. The van der Waals surface area contributed by atoms with Crippen molar-refractivity contribution in [3.8, 4) is 0 Å². The monoisotopic (exact) mass is 294 g/mol. The van der Waals surface area contributed by atoms with Crippen LogP contribution < -0.4 is 10.2 Å². The van der Waals surface area contributed by atoms with Gasteiger partial charge in [0.15, 0.2) is 0 Å². The zero-order valence-electron chi connectivity index (χ0n) is 10.5. The fraction of sp³-hybridized carbons (Fsp3) is 0.571. The third-order valence-corrected chi connectivity index (χ3v) is 4.47. The minimum Gasteiger partial charge on any atom is -0.363 e. The van der Waals surface area contributed by atoms with E-state index >= 15 is 0 Å². The number of aryl methyl sites for hydroxylation is 1. The molecule has 1 fully saturated rings. The Bertz CT molecular complexity index is 444. The Hall–Kier alpha value is -0.540. The van der Waals surface area contributed by atoms with Gasteiger partial charge in [-0.1, -0.05) is 22.9 Å². The molecule has 0 spiro atoms. The van der Waals surface area contributed by atoms with Crippen molar-refractivity contribution < 1.29 is 0 Å². The van der Waals surface area contributed by atoms with E-state index in [1.54, 1.807) is 0 Å². The molecule has 2 atom stereocenters. The molecule has 2 nitrogen and oxygen atoms in total. The van der Waals surface area contributed by atoms with Crippen molar-refractivity contribution in [3.63, 3.8) is 0 Å². The van der Waals surface area contributed by atoms with Crippen molar-refractivity contribution in [1.82, 2.24) is 5.32 Å². The first-order valence-corrected chi connectivity index (χ1v) is 7.30. The average molecular weight is 295 g/mol. The van der Waals surface area contributed by atoms with E-state index < -0.39 is 0 Å². The Morgan fingerprint density at radius 2 is 2.24 bits per heavy atom. The molecular formula is C14H19BrN2. The van der Waals surface area contributed by atoms with Gasteiger partial charge in [-0.05, 0) is 43.0 Å². The second kappa shape index (κ2) is 4.29. The molecule has 1 N–H and O–H groups in total. The van der Waals surface area contributed by atoms with Crippen LogP contribution in [0, 0.1) is 0 Å². The normalized spacial score (nSPS) is 26.9. The van der Waals surface area contributed by atoms with Gasteiger partial charge in [-0.2, -0.15) is 0 Å². The molecule has 0 bridgehead atoms. The van der Waals surface area contributed by atoms with Gasteiger partial charge in [-0.3, -0.25) is 0 Å². The zero-order chi connectivity index (χ0) is 12.0. The van der Waals surface area contributed by atoms with Crippen LogP contribution in [-0.2, 0) is 12.8 Å². The lowest BCUT2D eigenvalue weighted by atomic mass is 10.0. The zero-order valence-corrected chi connectivity index (χ0v) is 12.0. The maximum absolute atomic E-state index is 3.64. The number of benzene rings is 1. The first-order chi connectivity index (χ1) is 8.20. The van der Waals surface area contributed by atoms with E-state index in [2.05, 4.69) is 52.1 Å². The van der Waals surface area contributed by atoms with Crippen molar-refractivity contribution in [2.45, 2.75) is 38.8 Å². The Labute approximate surface area is 112 Å². The third-order valence-electron chi connectivity index (χ3n) is 4.02. The highest BCUT2D eigenvalue weighted by molar-refractivity contribution is 9.10. The maximum Gasteiger partial charge on any atom is 0.0459 e. The summed E-state index contributed by atoms with van der Waals surface area (Å²) in [4.78, 5) is 2.65. The van der Waals surface area contributed by atoms with Crippen LogP contribution in [0.2, 0.25) is 0 Å². The molecule has 1 unspecified atom stereocenters. The fourth-order valence-electron chi connectivity index (χ4n) is 3.32. The van der Waals surface area contributed by atoms with Gasteiger partial charge in [0.25, 0.3) is 0 Å². The lowest BCUT2D eigenvalue weighted by Crippen LogP contribution is -2.55. The lowest BCUT2D eigenvalue weighted by Gasteiger charge is -2.39. The number of nitrogens with one attached hydrogen (secondary N) is 1. The molecule has 92 valence electrons.